The van der Waals surface area contributed by atoms with Gasteiger partial charge in [0.25, 0.3) is 0 Å². The highest BCUT2D eigenvalue weighted by molar-refractivity contribution is 5.89. The van der Waals surface area contributed by atoms with E-state index in [4.69, 9.17) is 9.72 Å². The quantitative estimate of drug-likeness (QED) is 0.279. The summed E-state index contributed by atoms with van der Waals surface area (Å²) in [5.74, 6) is 1.69. The predicted octanol–water partition coefficient (Wildman–Crippen LogP) is 5.26. The number of aryl methyl sites for hydroxylation is 1. The number of hydrogen-bond acceptors (Lipinski definition) is 8. The molecule has 2 aromatic carbocycles. The Morgan fingerprint density at radius 1 is 1.07 bits per heavy atom. The highest BCUT2D eigenvalue weighted by Crippen LogP contribution is 2.35. The average Bonchev–Trinajstić information content (AvgIpc) is 3.51. The van der Waals surface area contributed by atoms with Crippen molar-refractivity contribution in [2.45, 2.75) is 31.8 Å². The van der Waals surface area contributed by atoms with Gasteiger partial charge >= 0.3 is 0 Å². The lowest BCUT2D eigenvalue weighted by atomic mass is 10.1. The van der Waals surface area contributed by atoms with Crippen molar-refractivity contribution in [1.82, 2.24) is 29.4 Å². The van der Waals surface area contributed by atoms with E-state index in [2.05, 4.69) is 31.7 Å². The molecular weight excluding hydrogens is 535 g/mol. The molecule has 2 aliphatic rings. The van der Waals surface area contributed by atoms with Gasteiger partial charge in [-0.3, -0.25) is 4.79 Å². The molecule has 42 heavy (non-hydrogen) atoms. The summed E-state index contributed by atoms with van der Waals surface area (Å²) in [6.45, 7) is 6.71. The highest BCUT2D eigenvalue weighted by Gasteiger charge is 2.42. The number of pyridine rings is 1. The maximum Gasteiger partial charge on any atom is 0.246 e. The second-order valence-electron chi connectivity index (χ2n) is 10.8. The summed E-state index contributed by atoms with van der Waals surface area (Å²) in [5, 5.41) is 3.12. The van der Waals surface area contributed by atoms with Crippen molar-refractivity contribution in [3.63, 3.8) is 0 Å². The van der Waals surface area contributed by atoms with E-state index in [9.17, 15) is 4.79 Å². The van der Waals surface area contributed by atoms with Crippen LogP contribution in [0.4, 0.5) is 21.7 Å². The Balaban J connectivity index is 1.14. The standard InChI is InChI=1S/C31H29FN8O2/c1-4-28(41)40-19-5-6-20(40)15-39(14-19)27-12-9-23-30(37-27)31(34-16-33-23)36-22-8-11-26(18(2)29(22)32)42-21-7-10-25-24(13-21)35-17-38(25)3/h4,7-13,16-17,19-20H,1,5-6,14-15H2,2-3H3,(H,33,34,36). The van der Waals surface area contributed by atoms with Crippen LogP contribution < -0.4 is 15.0 Å². The number of hydrogen-bond donors (Lipinski definition) is 1. The van der Waals surface area contributed by atoms with Gasteiger partial charge in [-0.15, -0.1) is 0 Å². The van der Waals surface area contributed by atoms with E-state index in [1.54, 1.807) is 25.4 Å². The zero-order valence-electron chi connectivity index (χ0n) is 23.3. The number of fused-ring (bicyclic) bond motifs is 4. The number of imidazole rings is 1. The summed E-state index contributed by atoms with van der Waals surface area (Å²) in [6, 6.07) is 13.0. The molecule has 5 heterocycles. The molecule has 2 fully saturated rings. The molecule has 0 radical (unpaired) electrons. The number of rotatable bonds is 6. The first-order chi connectivity index (χ1) is 20.4. The Morgan fingerprint density at radius 2 is 1.88 bits per heavy atom. The van der Waals surface area contributed by atoms with Gasteiger partial charge in [-0.25, -0.2) is 24.3 Å². The van der Waals surface area contributed by atoms with Gasteiger partial charge in [0.05, 0.1) is 28.6 Å². The number of anilines is 3. The number of nitrogens with one attached hydrogen (secondary N) is 1. The molecule has 0 spiro atoms. The summed E-state index contributed by atoms with van der Waals surface area (Å²) < 4.78 is 23.6. The number of halogens is 1. The van der Waals surface area contributed by atoms with E-state index in [0.29, 0.717) is 47.0 Å². The van der Waals surface area contributed by atoms with E-state index >= 15 is 4.39 Å². The van der Waals surface area contributed by atoms with E-state index in [1.807, 2.05) is 46.8 Å². The van der Waals surface area contributed by atoms with Crippen LogP contribution in [0.1, 0.15) is 18.4 Å². The number of carbonyl (C=O) groups excluding carboxylic acids is 1. The number of carbonyl (C=O) groups is 1. The van der Waals surface area contributed by atoms with Gasteiger partial charge in [-0.2, -0.15) is 0 Å². The van der Waals surface area contributed by atoms with E-state index in [1.165, 1.54) is 12.4 Å². The third-order valence-corrected chi connectivity index (χ3v) is 8.22. The molecule has 5 aromatic rings. The number of benzene rings is 2. The van der Waals surface area contributed by atoms with Crippen LogP contribution in [0.2, 0.25) is 0 Å². The van der Waals surface area contributed by atoms with Crippen LogP contribution in [0.15, 0.2) is 67.8 Å². The van der Waals surface area contributed by atoms with Gasteiger partial charge in [0.2, 0.25) is 5.91 Å². The molecule has 212 valence electrons. The average molecular weight is 565 g/mol. The maximum absolute atomic E-state index is 15.6. The first-order valence-corrected chi connectivity index (χ1v) is 13.9. The largest absolute Gasteiger partial charge is 0.457 e. The zero-order chi connectivity index (χ0) is 29.0. The fourth-order valence-corrected chi connectivity index (χ4v) is 6.06. The molecule has 2 aliphatic heterocycles. The monoisotopic (exact) mass is 564 g/mol. The van der Waals surface area contributed by atoms with Crippen LogP contribution in [0.3, 0.4) is 0 Å². The summed E-state index contributed by atoms with van der Waals surface area (Å²) in [4.78, 5) is 34.6. The normalized spacial score (nSPS) is 18.1. The van der Waals surface area contributed by atoms with Gasteiger partial charge < -0.3 is 24.4 Å². The third kappa shape index (κ3) is 4.37. The molecule has 1 N–H and O–H groups in total. The van der Waals surface area contributed by atoms with Crippen molar-refractivity contribution in [3.8, 4) is 11.5 Å². The molecule has 2 atom stereocenters. The first kappa shape index (κ1) is 25.9. The van der Waals surface area contributed by atoms with Crippen molar-refractivity contribution < 1.29 is 13.9 Å². The van der Waals surface area contributed by atoms with Crippen molar-refractivity contribution in [3.05, 3.63) is 79.2 Å². The van der Waals surface area contributed by atoms with E-state index in [0.717, 1.165) is 29.7 Å². The molecule has 2 unspecified atom stereocenters. The first-order valence-electron chi connectivity index (χ1n) is 13.9. The number of nitrogens with zero attached hydrogens (tertiary/aromatic N) is 7. The van der Waals surface area contributed by atoms with Gasteiger partial charge in [0, 0.05) is 43.9 Å². The van der Waals surface area contributed by atoms with Crippen molar-refractivity contribution >= 4 is 45.3 Å². The fraction of sp³-hybridized carbons (Fsp3) is 0.258. The van der Waals surface area contributed by atoms with Gasteiger partial charge in [-0.1, -0.05) is 6.58 Å². The van der Waals surface area contributed by atoms with Crippen LogP contribution >= 0.6 is 0 Å². The highest BCUT2D eigenvalue weighted by atomic mass is 19.1. The SMILES string of the molecule is C=CC(=O)N1C2CCC1CN(c1ccc3ncnc(Nc4ccc(Oc5ccc6c(c5)ncn6C)c(C)c4F)c3n1)C2. The van der Waals surface area contributed by atoms with Crippen LogP contribution in [-0.2, 0) is 11.8 Å². The molecular formula is C31H29FN8O2. The molecule has 0 aliphatic carbocycles. The molecule has 10 nitrogen and oxygen atoms in total. The topological polar surface area (TPSA) is 101 Å². The molecule has 11 heteroatoms. The van der Waals surface area contributed by atoms with Crippen molar-refractivity contribution in [2.24, 2.45) is 7.05 Å². The lowest BCUT2D eigenvalue weighted by molar-refractivity contribution is -0.129. The molecule has 1 amide bonds. The van der Waals surface area contributed by atoms with E-state index < -0.39 is 5.82 Å². The number of ether oxygens (including phenoxy) is 1. The van der Waals surface area contributed by atoms with E-state index in [-0.39, 0.29) is 23.7 Å². The third-order valence-electron chi connectivity index (χ3n) is 8.22. The van der Waals surface area contributed by atoms with Crippen LogP contribution in [0.25, 0.3) is 22.1 Å². The summed E-state index contributed by atoms with van der Waals surface area (Å²) >= 11 is 0. The molecule has 2 bridgehead atoms. The Labute approximate surface area is 241 Å². The van der Waals surface area contributed by atoms with Crippen LogP contribution in [-0.4, -0.2) is 60.5 Å². The summed E-state index contributed by atoms with van der Waals surface area (Å²) in [7, 11) is 1.93. The number of aromatic nitrogens is 5. The molecule has 7 rings (SSSR count). The number of piperazine rings is 1. The second-order valence-corrected chi connectivity index (χ2v) is 10.8. The lowest BCUT2D eigenvalue weighted by Gasteiger charge is -2.41. The molecule has 3 aromatic heterocycles. The zero-order valence-corrected chi connectivity index (χ0v) is 23.3. The Kier molecular flexibility index (Phi) is 6.22. The van der Waals surface area contributed by atoms with Gasteiger partial charge in [0.15, 0.2) is 11.6 Å². The van der Waals surface area contributed by atoms with Crippen LogP contribution in [0, 0.1) is 12.7 Å². The minimum absolute atomic E-state index is 0.0171. The Bertz CT molecular complexity index is 1860. The van der Waals surface area contributed by atoms with Gasteiger partial charge in [0.1, 0.15) is 29.2 Å². The fourth-order valence-electron chi connectivity index (χ4n) is 6.06. The lowest BCUT2D eigenvalue weighted by Crippen LogP contribution is -2.55. The Hall–Kier alpha value is -5.06. The van der Waals surface area contributed by atoms with Gasteiger partial charge in [-0.05, 0) is 62.2 Å². The Morgan fingerprint density at radius 3 is 2.67 bits per heavy atom. The minimum atomic E-state index is -0.450. The maximum atomic E-state index is 15.6. The smallest absolute Gasteiger partial charge is 0.246 e. The molecule has 2 saturated heterocycles. The van der Waals surface area contributed by atoms with Crippen LogP contribution in [0.5, 0.6) is 11.5 Å². The molecule has 0 saturated carbocycles. The van der Waals surface area contributed by atoms with Crippen molar-refractivity contribution in [2.75, 3.05) is 23.3 Å². The summed E-state index contributed by atoms with van der Waals surface area (Å²) in [6.07, 6.45) is 6.48. The minimum Gasteiger partial charge on any atom is -0.457 e. The summed E-state index contributed by atoms with van der Waals surface area (Å²) in [5.41, 5.74) is 3.57. The predicted molar refractivity (Wildman–Crippen MR) is 159 cm³/mol. The van der Waals surface area contributed by atoms with Crippen molar-refractivity contribution in [1.29, 1.82) is 0 Å². The second kappa shape index (κ2) is 10.1. The number of amides is 1.